The fraction of sp³-hybridized carbons (Fsp3) is 0.423. The third-order valence-corrected chi connectivity index (χ3v) is 7.31. The number of aryl methyl sites for hydroxylation is 1. The Balaban J connectivity index is 1.40. The lowest BCUT2D eigenvalue weighted by atomic mass is 10.1. The maximum Gasteiger partial charge on any atom is 0.133 e. The molecule has 30 heavy (non-hydrogen) atoms. The van der Waals surface area contributed by atoms with Crippen LogP contribution in [0.2, 0.25) is 0 Å². The standard InChI is InChI=1S/C26H30BrN3/c1-19-6-8-20(9-7-19)18-30-25-12-11-22(27)16-24(25)28-26(30)13-10-21-14-15-29(17-21)23-4-2-3-5-23/h6-13,16,21,23H,2-5,14-15,17-18H2,1H3/b13-10-. The van der Waals surface area contributed by atoms with Gasteiger partial charge in [0.05, 0.1) is 11.0 Å². The second-order valence-electron chi connectivity index (χ2n) is 9.02. The highest BCUT2D eigenvalue weighted by molar-refractivity contribution is 9.10. The van der Waals surface area contributed by atoms with Crippen molar-refractivity contribution in [3.63, 3.8) is 0 Å². The first-order valence-electron chi connectivity index (χ1n) is 11.3. The summed E-state index contributed by atoms with van der Waals surface area (Å²) in [6.45, 7) is 5.45. The zero-order chi connectivity index (χ0) is 20.5. The molecular weight excluding hydrogens is 434 g/mol. The summed E-state index contributed by atoms with van der Waals surface area (Å²) in [5, 5.41) is 0. The van der Waals surface area contributed by atoms with Gasteiger partial charge in [0.2, 0.25) is 0 Å². The minimum absolute atomic E-state index is 0.643. The Morgan fingerprint density at radius 2 is 1.87 bits per heavy atom. The summed E-state index contributed by atoms with van der Waals surface area (Å²) in [6.07, 6.45) is 11.6. The van der Waals surface area contributed by atoms with Gasteiger partial charge in [-0.2, -0.15) is 0 Å². The smallest absolute Gasteiger partial charge is 0.133 e. The van der Waals surface area contributed by atoms with Crippen molar-refractivity contribution >= 4 is 33.0 Å². The van der Waals surface area contributed by atoms with Crippen LogP contribution in [0.25, 0.3) is 17.1 Å². The SMILES string of the molecule is Cc1ccc(Cn2c(/C=C\C3CCN(C4CCCC4)C3)nc3cc(Br)ccc32)cc1. The molecular formula is C26H30BrN3. The minimum atomic E-state index is 0.643. The third-order valence-electron chi connectivity index (χ3n) is 6.82. The number of hydrogen-bond donors (Lipinski definition) is 0. The number of benzene rings is 2. The van der Waals surface area contributed by atoms with E-state index >= 15 is 0 Å². The van der Waals surface area contributed by atoms with Crippen LogP contribution in [0.3, 0.4) is 0 Å². The average molecular weight is 464 g/mol. The zero-order valence-electron chi connectivity index (χ0n) is 17.7. The van der Waals surface area contributed by atoms with E-state index in [-0.39, 0.29) is 0 Å². The second kappa shape index (κ2) is 8.68. The summed E-state index contributed by atoms with van der Waals surface area (Å²) in [4.78, 5) is 7.71. The quantitative estimate of drug-likeness (QED) is 0.434. The maximum absolute atomic E-state index is 4.98. The highest BCUT2D eigenvalue weighted by Crippen LogP contribution is 2.30. The van der Waals surface area contributed by atoms with Gasteiger partial charge < -0.3 is 4.57 Å². The molecule has 4 heteroatoms. The van der Waals surface area contributed by atoms with Crippen molar-refractivity contribution in [3.8, 4) is 0 Å². The van der Waals surface area contributed by atoms with E-state index in [1.165, 1.54) is 61.8 Å². The van der Waals surface area contributed by atoms with Crippen LogP contribution in [0.4, 0.5) is 0 Å². The van der Waals surface area contributed by atoms with E-state index in [0.717, 1.165) is 28.4 Å². The van der Waals surface area contributed by atoms with Gasteiger partial charge in [0.15, 0.2) is 0 Å². The van der Waals surface area contributed by atoms with Crippen molar-refractivity contribution in [2.24, 2.45) is 5.92 Å². The summed E-state index contributed by atoms with van der Waals surface area (Å²) in [5.74, 6) is 1.70. The zero-order valence-corrected chi connectivity index (χ0v) is 19.3. The molecule has 2 aliphatic rings. The number of rotatable bonds is 5. The summed E-state index contributed by atoms with van der Waals surface area (Å²) >= 11 is 3.60. The summed E-state index contributed by atoms with van der Waals surface area (Å²) in [7, 11) is 0. The average Bonchev–Trinajstić information content (AvgIpc) is 3.48. The first-order chi connectivity index (χ1) is 14.7. The summed E-state index contributed by atoms with van der Waals surface area (Å²) in [6, 6.07) is 16.1. The van der Waals surface area contributed by atoms with Crippen molar-refractivity contribution in [1.29, 1.82) is 0 Å². The first-order valence-corrected chi connectivity index (χ1v) is 12.1. The largest absolute Gasteiger partial charge is 0.320 e. The van der Waals surface area contributed by atoms with Crippen LogP contribution in [0.5, 0.6) is 0 Å². The molecule has 0 spiro atoms. The van der Waals surface area contributed by atoms with E-state index in [2.05, 4.69) is 86.9 Å². The van der Waals surface area contributed by atoms with E-state index < -0.39 is 0 Å². The molecule has 1 aliphatic heterocycles. The van der Waals surface area contributed by atoms with Crippen LogP contribution in [0.1, 0.15) is 49.1 Å². The van der Waals surface area contributed by atoms with Crippen LogP contribution in [-0.2, 0) is 6.54 Å². The van der Waals surface area contributed by atoms with Gasteiger partial charge in [0, 0.05) is 23.6 Å². The Labute approximate surface area is 187 Å². The van der Waals surface area contributed by atoms with Crippen molar-refractivity contribution in [3.05, 3.63) is 70.0 Å². The minimum Gasteiger partial charge on any atom is -0.320 e. The number of aromatic nitrogens is 2. The number of halogens is 1. The molecule has 2 fully saturated rings. The maximum atomic E-state index is 4.98. The normalized spacial score (nSPS) is 20.8. The lowest BCUT2D eigenvalue weighted by Gasteiger charge is -2.22. The van der Waals surface area contributed by atoms with Crippen molar-refractivity contribution in [2.45, 2.75) is 51.6 Å². The predicted octanol–water partition coefficient (Wildman–Crippen LogP) is 6.43. The number of hydrogen-bond acceptors (Lipinski definition) is 2. The molecule has 1 aliphatic carbocycles. The molecule has 1 saturated heterocycles. The van der Waals surface area contributed by atoms with Gasteiger partial charge in [0.1, 0.15) is 5.82 Å². The Morgan fingerprint density at radius 3 is 2.67 bits per heavy atom. The fourth-order valence-electron chi connectivity index (χ4n) is 5.09. The van der Waals surface area contributed by atoms with Gasteiger partial charge in [-0.15, -0.1) is 0 Å². The lowest BCUT2D eigenvalue weighted by Crippen LogP contribution is -2.30. The van der Waals surface area contributed by atoms with Gasteiger partial charge in [-0.05, 0) is 68.5 Å². The van der Waals surface area contributed by atoms with Crippen LogP contribution in [-0.4, -0.2) is 33.6 Å². The van der Waals surface area contributed by atoms with Crippen molar-refractivity contribution in [2.75, 3.05) is 13.1 Å². The lowest BCUT2D eigenvalue weighted by molar-refractivity contribution is 0.242. The van der Waals surface area contributed by atoms with Crippen molar-refractivity contribution in [1.82, 2.24) is 14.5 Å². The summed E-state index contributed by atoms with van der Waals surface area (Å²) < 4.78 is 3.43. The van der Waals surface area contributed by atoms with E-state index in [4.69, 9.17) is 4.98 Å². The molecule has 0 radical (unpaired) electrons. The molecule has 1 saturated carbocycles. The van der Waals surface area contributed by atoms with E-state index in [9.17, 15) is 0 Å². The number of fused-ring (bicyclic) bond motifs is 1. The van der Waals surface area contributed by atoms with Gasteiger partial charge >= 0.3 is 0 Å². The third kappa shape index (κ3) is 4.26. The molecule has 0 amide bonds. The van der Waals surface area contributed by atoms with Crippen LogP contribution in [0.15, 0.2) is 53.0 Å². The molecule has 1 unspecified atom stereocenters. The van der Waals surface area contributed by atoms with Gasteiger partial charge in [-0.1, -0.05) is 64.7 Å². The van der Waals surface area contributed by atoms with Crippen LogP contribution >= 0.6 is 15.9 Å². The highest BCUT2D eigenvalue weighted by Gasteiger charge is 2.28. The monoisotopic (exact) mass is 463 g/mol. The molecule has 2 aromatic carbocycles. The molecule has 3 nitrogen and oxygen atoms in total. The molecule has 156 valence electrons. The molecule has 1 aromatic heterocycles. The van der Waals surface area contributed by atoms with Gasteiger partial charge in [0.25, 0.3) is 0 Å². The molecule has 0 bridgehead atoms. The van der Waals surface area contributed by atoms with Crippen molar-refractivity contribution < 1.29 is 0 Å². The Kier molecular flexibility index (Phi) is 5.79. The van der Waals surface area contributed by atoms with Gasteiger partial charge in [-0.3, -0.25) is 4.90 Å². The Hall–Kier alpha value is -1.91. The van der Waals surface area contributed by atoms with E-state index in [1.54, 1.807) is 0 Å². The highest BCUT2D eigenvalue weighted by atomic mass is 79.9. The number of nitrogens with zero attached hydrogens (tertiary/aromatic N) is 3. The summed E-state index contributed by atoms with van der Waals surface area (Å²) in [5.41, 5.74) is 4.85. The first kappa shape index (κ1) is 20.0. The number of imidazole rings is 1. The van der Waals surface area contributed by atoms with E-state index in [0.29, 0.717) is 5.92 Å². The fourth-order valence-corrected chi connectivity index (χ4v) is 5.44. The molecule has 0 N–H and O–H groups in total. The van der Waals surface area contributed by atoms with E-state index in [1.807, 2.05) is 0 Å². The second-order valence-corrected chi connectivity index (χ2v) is 9.93. The van der Waals surface area contributed by atoms with Gasteiger partial charge in [-0.25, -0.2) is 4.98 Å². The predicted molar refractivity (Wildman–Crippen MR) is 129 cm³/mol. The number of likely N-dealkylation sites (tertiary alicyclic amines) is 1. The molecule has 1 atom stereocenters. The topological polar surface area (TPSA) is 21.1 Å². The van der Waals surface area contributed by atoms with Crippen LogP contribution in [0, 0.1) is 12.8 Å². The molecule has 3 aromatic rings. The Bertz CT molecular complexity index is 1040. The molecule has 2 heterocycles. The Morgan fingerprint density at radius 1 is 1.07 bits per heavy atom. The van der Waals surface area contributed by atoms with Crippen LogP contribution < -0.4 is 0 Å². The molecule has 5 rings (SSSR count).